The third kappa shape index (κ3) is 6.42. The summed E-state index contributed by atoms with van der Waals surface area (Å²) < 4.78 is 32.7. The molecule has 0 aliphatic heterocycles. The molecule has 2 aromatic rings. The van der Waals surface area contributed by atoms with Gasteiger partial charge in [-0.25, -0.2) is 22.9 Å². The van der Waals surface area contributed by atoms with Crippen molar-refractivity contribution in [2.24, 2.45) is 0 Å². The predicted molar refractivity (Wildman–Crippen MR) is 114 cm³/mol. The minimum atomic E-state index is -4.18. The lowest BCUT2D eigenvalue weighted by Crippen LogP contribution is -2.37. The standard InChI is InChI=1S/C19H26N4O5S2/c1-4-9-28-15-7-6-13(11-16(15)30(26,27)23-19(25)20-3)12-17(24)22-14(5-2)18-21-8-10-29-18/h6-8,10-11,14H,4-5,9,12H2,1-3H3,(H,22,24)(H2,20,23,25). The van der Waals surface area contributed by atoms with Gasteiger partial charge < -0.3 is 15.4 Å². The van der Waals surface area contributed by atoms with Crippen LogP contribution in [0, 0.1) is 0 Å². The summed E-state index contributed by atoms with van der Waals surface area (Å²) in [7, 11) is -2.87. The van der Waals surface area contributed by atoms with Gasteiger partial charge in [0, 0.05) is 18.6 Å². The summed E-state index contributed by atoms with van der Waals surface area (Å²) in [6, 6.07) is 3.40. The maximum absolute atomic E-state index is 12.6. The number of carbonyl (C=O) groups is 2. The Hall–Kier alpha value is -2.66. The van der Waals surface area contributed by atoms with E-state index in [0.717, 1.165) is 5.01 Å². The summed E-state index contributed by atoms with van der Waals surface area (Å²) in [5, 5.41) is 7.77. The molecule has 0 spiro atoms. The van der Waals surface area contributed by atoms with Gasteiger partial charge in [0.15, 0.2) is 0 Å². The van der Waals surface area contributed by atoms with E-state index < -0.39 is 16.1 Å². The Labute approximate surface area is 180 Å². The minimum Gasteiger partial charge on any atom is -0.492 e. The highest BCUT2D eigenvalue weighted by molar-refractivity contribution is 7.90. The second-order valence-electron chi connectivity index (χ2n) is 6.39. The zero-order valence-corrected chi connectivity index (χ0v) is 18.7. The topological polar surface area (TPSA) is 126 Å². The molecule has 1 unspecified atom stereocenters. The van der Waals surface area contributed by atoms with Crippen molar-refractivity contribution in [1.29, 1.82) is 0 Å². The van der Waals surface area contributed by atoms with Crippen LogP contribution in [0.4, 0.5) is 4.79 Å². The molecule has 2 rings (SSSR count). The smallest absolute Gasteiger partial charge is 0.328 e. The third-order valence-electron chi connectivity index (χ3n) is 4.07. The SMILES string of the molecule is CCCOc1ccc(CC(=O)NC(CC)c2nccs2)cc1S(=O)(=O)NC(=O)NC. The number of aromatic nitrogens is 1. The summed E-state index contributed by atoms with van der Waals surface area (Å²) in [4.78, 5) is 28.1. The molecule has 1 atom stereocenters. The Balaban J connectivity index is 2.24. The summed E-state index contributed by atoms with van der Waals surface area (Å²) in [5.41, 5.74) is 0.475. The first-order valence-electron chi connectivity index (χ1n) is 9.49. The normalized spacial score (nSPS) is 12.1. The van der Waals surface area contributed by atoms with Gasteiger partial charge >= 0.3 is 6.03 Å². The molecular formula is C19H26N4O5S2. The predicted octanol–water partition coefficient (Wildman–Crippen LogP) is 2.36. The van der Waals surface area contributed by atoms with E-state index in [1.807, 2.05) is 23.9 Å². The number of hydrogen-bond donors (Lipinski definition) is 3. The van der Waals surface area contributed by atoms with Crippen molar-refractivity contribution in [1.82, 2.24) is 20.3 Å². The summed E-state index contributed by atoms with van der Waals surface area (Å²) in [6.45, 7) is 4.15. The lowest BCUT2D eigenvalue weighted by Gasteiger charge is -2.16. The first-order valence-corrected chi connectivity index (χ1v) is 11.9. The van der Waals surface area contributed by atoms with Gasteiger partial charge in [-0.3, -0.25) is 4.79 Å². The Morgan fingerprint density at radius 1 is 1.27 bits per heavy atom. The van der Waals surface area contributed by atoms with Crippen LogP contribution in [0.2, 0.25) is 0 Å². The fraction of sp³-hybridized carbons (Fsp3) is 0.421. The number of benzene rings is 1. The molecule has 30 heavy (non-hydrogen) atoms. The van der Waals surface area contributed by atoms with Crippen molar-refractivity contribution < 1.29 is 22.7 Å². The molecule has 0 aliphatic rings. The zero-order valence-electron chi connectivity index (χ0n) is 17.1. The Morgan fingerprint density at radius 2 is 2.03 bits per heavy atom. The molecule has 164 valence electrons. The highest BCUT2D eigenvalue weighted by Gasteiger charge is 2.23. The van der Waals surface area contributed by atoms with E-state index in [1.165, 1.54) is 30.5 Å². The number of amides is 3. The average molecular weight is 455 g/mol. The number of urea groups is 1. The molecule has 11 heteroatoms. The number of thiazole rings is 1. The monoisotopic (exact) mass is 454 g/mol. The van der Waals surface area contributed by atoms with Gasteiger partial charge in [-0.15, -0.1) is 11.3 Å². The number of sulfonamides is 1. The van der Waals surface area contributed by atoms with Crippen molar-refractivity contribution in [3.05, 3.63) is 40.3 Å². The Kier molecular flexibility index (Phi) is 8.60. The van der Waals surface area contributed by atoms with Crippen LogP contribution in [0.15, 0.2) is 34.7 Å². The highest BCUT2D eigenvalue weighted by Crippen LogP contribution is 2.26. The Morgan fingerprint density at radius 3 is 2.63 bits per heavy atom. The molecule has 9 nitrogen and oxygen atoms in total. The van der Waals surface area contributed by atoms with Crippen LogP contribution in [0.3, 0.4) is 0 Å². The molecule has 3 amide bonds. The molecule has 0 fully saturated rings. The number of carbonyl (C=O) groups excluding carboxylic acids is 2. The quantitative estimate of drug-likeness (QED) is 0.506. The fourth-order valence-corrected chi connectivity index (χ4v) is 4.53. The first kappa shape index (κ1) is 23.6. The maximum Gasteiger partial charge on any atom is 0.328 e. The molecule has 1 aromatic heterocycles. The van der Waals surface area contributed by atoms with Gasteiger partial charge in [0.25, 0.3) is 10.0 Å². The van der Waals surface area contributed by atoms with Gasteiger partial charge in [-0.2, -0.15) is 0 Å². The molecule has 0 bridgehead atoms. The minimum absolute atomic E-state index is 0.0293. The third-order valence-corrected chi connectivity index (χ3v) is 6.31. The van der Waals surface area contributed by atoms with Crippen molar-refractivity contribution in [2.75, 3.05) is 13.7 Å². The van der Waals surface area contributed by atoms with Crippen LogP contribution in [-0.4, -0.2) is 39.0 Å². The van der Waals surface area contributed by atoms with Crippen LogP contribution in [0.5, 0.6) is 5.75 Å². The number of nitrogens with zero attached hydrogens (tertiary/aromatic N) is 1. The van der Waals surface area contributed by atoms with Crippen molar-refractivity contribution in [3.63, 3.8) is 0 Å². The lowest BCUT2D eigenvalue weighted by atomic mass is 10.1. The molecule has 3 N–H and O–H groups in total. The van der Waals surface area contributed by atoms with E-state index in [4.69, 9.17) is 4.74 Å². The maximum atomic E-state index is 12.6. The van der Waals surface area contributed by atoms with Crippen LogP contribution in [-0.2, 0) is 21.2 Å². The first-order chi connectivity index (χ1) is 14.3. The van der Waals surface area contributed by atoms with Gasteiger partial charge in [-0.05, 0) is 30.5 Å². The van der Waals surface area contributed by atoms with Crippen LogP contribution >= 0.6 is 11.3 Å². The number of rotatable bonds is 10. The molecule has 1 aromatic carbocycles. The van der Waals surface area contributed by atoms with Crippen molar-refractivity contribution >= 4 is 33.3 Å². The van der Waals surface area contributed by atoms with Gasteiger partial charge in [0.05, 0.1) is 19.1 Å². The number of nitrogens with one attached hydrogen (secondary N) is 3. The Bertz CT molecular complexity index is 961. The largest absolute Gasteiger partial charge is 0.492 e. The van der Waals surface area contributed by atoms with Gasteiger partial charge in [0.1, 0.15) is 15.7 Å². The van der Waals surface area contributed by atoms with E-state index in [1.54, 1.807) is 12.3 Å². The van der Waals surface area contributed by atoms with E-state index in [-0.39, 0.29) is 29.0 Å². The van der Waals surface area contributed by atoms with Gasteiger partial charge in [0.2, 0.25) is 5.91 Å². The molecule has 0 saturated heterocycles. The zero-order chi connectivity index (χ0) is 22.1. The number of hydrogen-bond acceptors (Lipinski definition) is 7. The molecule has 0 saturated carbocycles. The molecule has 0 radical (unpaired) electrons. The van der Waals surface area contributed by atoms with Crippen LogP contribution in [0.1, 0.15) is 43.3 Å². The van der Waals surface area contributed by atoms with Crippen LogP contribution in [0.25, 0.3) is 0 Å². The van der Waals surface area contributed by atoms with E-state index in [2.05, 4.69) is 15.6 Å². The highest BCUT2D eigenvalue weighted by atomic mass is 32.2. The van der Waals surface area contributed by atoms with Gasteiger partial charge in [-0.1, -0.05) is 19.9 Å². The molecular weight excluding hydrogens is 428 g/mol. The average Bonchev–Trinajstić information content (AvgIpc) is 3.25. The lowest BCUT2D eigenvalue weighted by molar-refractivity contribution is -0.121. The summed E-state index contributed by atoms with van der Waals surface area (Å²) in [5.74, 6) is -0.145. The number of ether oxygens (including phenoxy) is 1. The second-order valence-corrected chi connectivity index (χ2v) is 8.97. The summed E-state index contributed by atoms with van der Waals surface area (Å²) in [6.07, 6.45) is 3.01. The van der Waals surface area contributed by atoms with E-state index in [9.17, 15) is 18.0 Å². The van der Waals surface area contributed by atoms with E-state index in [0.29, 0.717) is 25.0 Å². The molecule has 1 heterocycles. The molecule has 0 aliphatic carbocycles. The van der Waals surface area contributed by atoms with E-state index >= 15 is 0 Å². The van der Waals surface area contributed by atoms with Crippen LogP contribution < -0.4 is 20.1 Å². The fourth-order valence-electron chi connectivity index (χ4n) is 2.61. The summed E-state index contributed by atoms with van der Waals surface area (Å²) >= 11 is 1.46. The van der Waals surface area contributed by atoms with Crippen molar-refractivity contribution in [2.45, 2.75) is 44.0 Å². The van der Waals surface area contributed by atoms with Crippen molar-refractivity contribution in [3.8, 4) is 5.75 Å². The second kappa shape index (κ2) is 10.9.